The number of aliphatic imine (C=N–C) groups is 1. The van der Waals surface area contributed by atoms with Gasteiger partial charge in [-0.05, 0) is 44.9 Å². The largest absolute Gasteiger partial charge is 0.466 e. The number of hydrogen-bond donors (Lipinski definition) is 2. The second-order valence-electron chi connectivity index (χ2n) is 5.59. The van der Waals surface area contributed by atoms with Crippen molar-refractivity contribution in [2.75, 3.05) is 7.05 Å². The maximum absolute atomic E-state index is 5.55. The first kappa shape index (κ1) is 16.1. The van der Waals surface area contributed by atoms with Crippen LogP contribution in [0, 0.1) is 20.8 Å². The minimum absolute atomic E-state index is 0.194. The van der Waals surface area contributed by atoms with Gasteiger partial charge in [-0.15, -0.1) is 0 Å². The van der Waals surface area contributed by atoms with Crippen molar-refractivity contribution in [3.05, 3.63) is 58.5 Å². The van der Waals surface area contributed by atoms with Gasteiger partial charge in [-0.3, -0.25) is 4.99 Å². The van der Waals surface area contributed by atoms with Crippen molar-refractivity contribution in [3.63, 3.8) is 0 Å². The Kier molecular flexibility index (Phi) is 5.26. The Morgan fingerprint density at radius 3 is 2.55 bits per heavy atom. The predicted molar refractivity (Wildman–Crippen MR) is 91.1 cm³/mol. The zero-order valence-corrected chi connectivity index (χ0v) is 14.0. The standard InChI is InChI=1S/C18H25N3O/c1-12-8-6-7-9-17(12)14(3)21-18(19-5)20-11-16-10-13(2)22-15(16)4/h6-10,14H,11H2,1-5H3,(H2,19,20,21). The molecule has 0 radical (unpaired) electrons. The summed E-state index contributed by atoms with van der Waals surface area (Å²) < 4.78 is 5.55. The van der Waals surface area contributed by atoms with Crippen molar-refractivity contribution in [2.24, 2.45) is 4.99 Å². The lowest BCUT2D eigenvalue weighted by Crippen LogP contribution is -2.38. The number of nitrogens with one attached hydrogen (secondary N) is 2. The van der Waals surface area contributed by atoms with E-state index in [1.54, 1.807) is 7.05 Å². The smallest absolute Gasteiger partial charge is 0.191 e. The van der Waals surface area contributed by atoms with Crippen LogP contribution in [-0.2, 0) is 6.54 Å². The molecule has 2 aromatic rings. The van der Waals surface area contributed by atoms with Crippen LogP contribution in [0.4, 0.5) is 0 Å². The monoisotopic (exact) mass is 299 g/mol. The maximum Gasteiger partial charge on any atom is 0.191 e. The molecular weight excluding hydrogens is 274 g/mol. The molecule has 1 aromatic carbocycles. The first-order chi connectivity index (χ1) is 10.5. The normalized spacial score (nSPS) is 13.0. The Balaban J connectivity index is 1.98. The Morgan fingerprint density at radius 2 is 1.95 bits per heavy atom. The van der Waals surface area contributed by atoms with Gasteiger partial charge in [-0.1, -0.05) is 24.3 Å². The molecule has 22 heavy (non-hydrogen) atoms. The van der Waals surface area contributed by atoms with Gasteiger partial charge in [0.1, 0.15) is 11.5 Å². The fraction of sp³-hybridized carbons (Fsp3) is 0.389. The third-order valence-electron chi connectivity index (χ3n) is 3.82. The molecular formula is C18H25N3O. The van der Waals surface area contributed by atoms with Gasteiger partial charge >= 0.3 is 0 Å². The molecule has 0 saturated carbocycles. The highest BCUT2D eigenvalue weighted by Gasteiger charge is 2.10. The number of nitrogens with zero attached hydrogens (tertiary/aromatic N) is 1. The van der Waals surface area contributed by atoms with Gasteiger partial charge in [-0.2, -0.15) is 0 Å². The van der Waals surface area contributed by atoms with Crippen molar-refractivity contribution >= 4 is 5.96 Å². The van der Waals surface area contributed by atoms with Crippen LogP contribution in [0.1, 0.15) is 41.2 Å². The van der Waals surface area contributed by atoms with E-state index in [9.17, 15) is 0 Å². The van der Waals surface area contributed by atoms with E-state index >= 15 is 0 Å². The van der Waals surface area contributed by atoms with E-state index in [-0.39, 0.29) is 6.04 Å². The summed E-state index contributed by atoms with van der Waals surface area (Å²) in [6, 6.07) is 10.6. The van der Waals surface area contributed by atoms with E-state index in [1.165, 1.54) is 11.1 Å². The summed E-state index contributed by atoms with van der Waals surface area (Å²) in [5.74, 6) is 2.67. The Labute approximate surface area is 132 Å². The van der Waals surface area contributed by atoms with E-state index < -0.39 is 0 Å². The van der Waals surface area contributed by atoms with Crippen LogP contribution in [0.2, 0.25) is 0 Å². The van der Waals surface area contributed by atoms with Crippen LogP contribution in [0.25, 0.3) is 0 Å². The molecule has 0 aliphatic rings. The summed E-state index contributed by atoms with van der Waals surface area (Å²) in [5.41, 5.74) is 3.71. The van der Waals surface area contributed by atoms with E-state index in [2.05, 4.69) is 59.8 Å². The van der Waals surface area contributed by atoms with Gasteiger partial charge in [0.15, 0.2) is 5.96 Å². The first-order valence-electron chi connectivity index (χ1n) is 7.60. The highest BCUT2D eigenvalue weighted by atomic mass is 16.3. The lowest BCUT2D eigenvalue weighted by molar-refractivity contribution is 0.500. The summed E-state index contributed by atoms with van der Waals surface area (Å²) in [7, 11) is 1.79. The minimum Gasteiger partial charge on any atom is -0.466 e. The van der Waals surface area contributed by atoms with Crippen molar-refractivity contribution < 1.29 is 4.42 Å². The lowest BCUT2D eigenvalue weighted by Gasteiger charge is -2.19. The molecule has 1 aromatic heterocycles. The highest BCUT2D eigenvalue weighted by molar-refractivity contribution is 5.80. The van der Waals surface area contributed by atoms with E-state index in [0.717, 1.165) is 23.0 Å². The average Bonchev–Trinajstić information content (AvgIpc) is 2.81. The Bertz CT molecular complexity index is 658. The molecule has 4 heteroatoms. The van der Waals surface area contributed by atoms with Crippen LogP contribution in [0.5, 0.6) is 0 Å². The quantitative estimate of drug-likeness (QED) is 0.669. The Hall–Kier alpha value is -2.23. The topological polar surface area (TPSA) is 49.6 Å². The van der Waals surface area contributed by atoms with E-state index in [1.807, 2.05) is 13.8 Å². The fourth-order valence-corrected chi connectivity index (χ4v) is 2.59. The van der Waals surface area contributed by atoms with Crippen LogP contribution in [0.15, 0.2) is 39.7 Å². The van der Waals surface area contributed by atoms with E-state index in [4.69, 9.17) is 4.42 Å². The molecule has 2 rings (SSSR count). The zero-order chi connectivity index (χ0) is 16.1. The summed E-state index contributed by atoms with van der Waals surface area (Å²) in [6.07, 6.45) is 0. The van der Waals surface area contributed by atoms with Crippen molar-refractivity contribution in [3.8, 4) is 0 Å². The minimum atomic E-state index is 0.194. The summed E-state index contributed by atoms with van der Waals surface area (Å²) in [5, 5.41) is 6.77. The summed E-state index contributed by atoms with van der Waals surface area (Å²) in [4.78, 5) is 4.30. The van der Waals surface area contributed by atoms with Gasteiger partial charge in [0.2, 0.25) is 0 Å². The number of aryl methyl sites for hydroxylation is 3. The zero-order valence-electron chi connectivity index (χ0n) is 14.0. The van der Waals surface area contributed by atoms with Crippen LogP contribution in [0.3, 0.4) is 0 Å². The first-order valence-corrected chi connectivity index (χ1v) is 7.60. The van der Waals surface area contributed by atoms with E-state index in [0.29, 0.717) is 6.54 Å². The summed E-state index contributed by atoms with van der Waals surface area (Å²) in [6.45, 7) is 8.91. The van der Waals surface area contributed by atoms with Crippen LogP contribution < -0.4 is 10.6 Å². The molecule has 0 aliphatic carbocycles. The predicted octanol–water partition coefficient (Wildman–Crippen LogP) is 3.63. The molecule has 2 N–H and O–H groups in total. The van der Waals surface area contributed by atoms with Crippen LogP contribution >= 0.6 is 0 Å². The fourth-order valence-electron chi connectivity index (χ4n) is 2.59. The van der Waals surface area contributed by atoms with Gasteiger partial charge in [0.25, 0.3) is 0 Å². The number of guanidine groups is 1. The highest BCUT2D eigenvalue weighted by Crippen LogP contribution is 2.17. The molecule has 4 nitrogen and oxygen atoms in total. The average molecular weight is 299 g/mol. The lowest BCUT2D eigenvalue weighted by atomic mass is 10.0. The van der Waals surface area contributed by atoms with Gasteiger partial charge in [-0.25, -0.2) is 0 Å². The number of hydrogen-bond acceptors (Lipinski definition) is 2. The molecule has 118 valence electrons. The third kappa shape index (κ3) is 3.91. The molecule has 1 atom stereocenters. The van der Waals surface area contributed by atoms with Gasteiger partial charge < -0.3 is 15.1 Å². The van der Waals surface area contributed by atoms with Crippen molar-refractivity contribution in [2.45, 2.75) is 40.3 Å². The molecule has 0 saturated heterocycles. The molecule has 0 aliphatic heterocycles. The van der Waals surface area contributed by atoms with Crippen molar-refractivity contribution in [1.29, 1.82) is 0 Å². The number of benzene rings is 1. The molecule has 0 bridgehead atoms. The van der Waals surface area contributed by atoms with Crippen molar-refractivity contribution in [1.82, 2.24) is 10.6 Å². The Morgan fingerprint density at radius 1 is 1.23 bits per heavy atom. The molecule has 1 heterocycles. The third-order valence-corrected chi connectivity index (χ3v) is 3.82. The molecule has 0 amide bonds. The molecule has 0 spiro atoms. The summed E-state index contributed by atoms with van der Waals surface area (Å²) >= 11 is 0. The van der Waals surface area contributed by atoms with Gasteiger partial charge in [0.05, 0.1) is 6.04 Å². The number of rotatable bonds is 4. The second-order valence-corrected chi connectivity index (χ2v) is 5.59. The molecule has 1 unspecified atom stereocenters. The SMILES string of the molecule is CN=C(NCc1cc(C)oc1C)NC(C)c1ccccc1C. The number of furan rings is 1. The van der Waals surface area contributed by atoms with Gasteiger partial charge in [0, 0.05) is 19.2 Å². The molecule has 0 fully saturated rings. The second kappa shape index (κ2) is 7.16. The van der Waals surface area contributed by atoms with Crippen LogP contribution in [-0.4, -0.2) is 13.0 Å². The maximum atomic E-state index is 5.55.